The van der Waals surface area contributed by atoms with E-state index in [2.05, 4.69) is 5.32 Å². The Morgan fingerprint density at radius 1 is 1.30 bits per heavy atom. The van der Waals surface area contributed by atoms with Crippen LogP contribution in [0.4, 0.5) is 0 Å². The zero-order valence-electron chi connectivity index (χ0n) is 11.4. The Morgan fingerprint density at radius 2 is 1.90 bits per heavy atom. The van der Waals surface area contributed by atoms with Gasteiger partial charge in [-0.1, -0.05) is 23.7 Å². The third-order valence-electron chi connectivity index (χ3n) is 3.98. The third-order valence-corrected chi connectivity index (χ3v) is 4.24. The molecule has 1 aliphatic rings. The second kappa shape index (κ2) is 7.07. The first-order valence-electron chi connectivity index (χ1n) is 7.02. The summed E-state index contributed by atoms with van der Waals surface area (Å²) in [6, 6.07) is 7.57. The summed E-state index contributed by atoms with van der Waals surface area (Å²) in [4.78, 5) is 11.1. The van der Waals surface area contributed by atoms with Crippen LogP contribution >= 0.6 is 11.6 Å². The summed E-state index contributed by atoms with van der Waals surface area (Å²) in [7, 11) is 0. The van der Waals surface area contributed by atoms with Crippen LogP contribution in [0.3, 0.4) is 0 Å². The molecule has 0 spiro atoms. The summed E-state index contributed by atoms with van der Waals surface area (Å²) in [5.41, 5.74) is 6.17. The summed E-state index contributed by atoms with van der Waals surface area (Å²) in [6.07, 6.45) is 3.00. The van der Waals surface area contributed by atoms with E-state index in [0.717, 1.165) is 31.2 Å². The van der Waals surface area contributed by atoms with E-state index in [1.165, 1.54) is 0 Å². The molecule has 0 saturated heterocycles. The lowest BCUT2D eigenvalue weighted by Gasteiger charge is -2.28. The van der Waals surface area contributed by atoms with Crippen molar-refractivity contribution < 1.29 is 9.90 Å². The van der Waals surface area contributed by atoms with E-state index in [9.17, 15) is 9.90 Å². The maximum absolute atomic E-state index is 11.1. The van der Waals surface area contributed by atoms with E-state index in [1.54, 1.807) is 12.1 Å². The van der Waals surface area contributed by atoms with Crippen molar-refractivity contribution >= 4 is 17.5 Å². The molecule has 0 radical (unpaired) electrons. The Hall–Kier alpha value is -1.10. The van der Waals surface area contributed by atoms with Crippen molar-refractivity contribution in [1.82, 2.24) is 5.32 Å². The molecule has 1 aliphatic carbocycles. The maximum atomic E-state index is 11.1. The predicted octanol–water partition coefficient (Wildman–Crippen LogP) is 2.01. The van der Waals surface area contributed by atoms with Crippen molar-refractivity contribution in [2.75, 3.05) is 6.54 Å². The van der Waals surface area contributed by atoms with Gasteiger partial charge in [-0.3, -0.25) is 4.79 Å². The van der Waals surface area contributed by atoms with Crippen molar-refractivity contribution in [3.63, 3.8) is 0 Å². The van der Waals surface area contributed by atoms with Gasteiger partial charge in [0.05, 0.1) is 6.10 Å². The lowest BCUT2D eigenvalue weighted by atomic mass is 9.85. The van der Waals surface area contributed by atoms with Gasteiger partial charge >= 0.3 is 0 Å². The maximum Gasteiger partial charge on any atom is 0.220 e. The Labute approximate surface area is 124 Å². The fraction of sp³-hybridized carbons (Fsp3) is 0.533. The first-order valence-corrected chi connectivity index (χ1v) is 7.40. The van der Waals surface area contributed by atoms with Gasteiger partial charge in [-0.15, -0.1) is 0 Å². The van der Waals surface area contributed by atoms with Crippen LogP contribution in [-0.4, -0.2) is 23.6 Å². The van der Waals surface area contributed by atoms with Gasteiger partial charge in [0, 0.05) is 23.5 Å². The number of benzene rings is 1. The monoisotopic (exact) mass is 296 g/mol. The van der Waals surface area contributed by atoms with Gasteiger partial charge < -0.3 is 16.2 Å². The van der Waals surface area contributed by atoms with E-state index in [-0.39, 0.29) is 11.8 Å². The number of rotatable bonds is 5. The first-order chi connectivity index (χ1) is 9.56. The number of primary amides is 1. The Bertz CT molecular complexity index is 442. The highest BCUT2D eigenvalue weighted by Gasteiger charge is 2.24. The minimum atomic E-state index is -0.541. The Kier molecular flexibility index (Phi) is 5.40. The van der Waals surface area contributed by atoms with E-state index in [0.29, 0.717) is 17.6 Å². The minimum Gasteiger partial charge on any atom is -0.387 e. The number of amides is 1. The molecule has 20 heavy (non-hydrogen) atoms. The van der Waals surface area contributed by atoms with Crippen LogP contribution < -0.4 is 11.1 Å². The highest BCUT2D eigenvalue weighted by Crippen LogP contribution is 2.24. The Morgan fingerprint density at radius 3 is 2.45 bits per heavy atom. The molecule has 1 fully saturated rings. The number of nitrogens with two attached hydrogens (primary N) is 1. The van der Waals surface area contributed by atoms with Crippen LogP contribution in [0.25, 0.3) is 0 Å². The predicted molar refractivity (Wildman–Crippen MR) is 79.4 cm³/mol. The van der Waals surface area contributed by atoms with Crippen molar-refractivity contribution in [2.24, 2.45) is 11.7 Å². The summed E-state index contributed by atoms with van der Waals surface area (Å²) < 4.78 is 0. The third kappa shape index (κ3) is 4.20. The van der Waals surface area contributed by atoms with Crippen LogP contribution in [-0.2, 0) is 4.79 Å². The summed E-state index contributed by atoms with van der Waals surface area (Å²) in [6.45, 7) is 0.507. The molecular formula is C15H21ClN2O2. The molecule has 5 heteroatoms. The van der Waals surface area contributed by atoms with Crippen LogP contribution in [0.2, 0.25) is 5.02 Å². The Balaban J connectivity index is 1.75. The molecule has 1 aromatic carbocycles. The lowest BCUT2D eigenvalue weighted by Crippen LogP contribution is -2.38. The molecule has 1 atom stereocenters. The van der Waals surface area contributed by atoms with Crippen molar-refractivity contribution in [1.29, 1.82) is 0 Å². The summed E-state index contributed by atoms with van der Waals surface area (Å²) >= 11 is 5.82. The molecule has 0 heterocycles. The van der Waals surface area contributed by atoms with Crippen LogP contribution in [0.15, 0.2) is 24.3 Å². The number of hydrogen-bond donors (Lipinski definition) is 3. The van der Waals surface area contributed by atoms with Crippen LogP contribution in [0, 0.1) is 5.92 Å². The van der Waals surface area contributed by atoms with E-state index in [1.807, 2.05) is 12.1 Å². The van der Waals surface area contributed by atoms with Crippen LogP contribution in [0.1, 0.15) is 37.4 Å². The average molecular weight is 297 g/mol. The van der Waals surface area contributed by atoms with E-state index >= 15 is 0 Å². The quantitative estimate of drug-likeness (QED) is 0.778. The molecular weight excluding hydrogens is 276 g/mol. The number of nitrogens with one attached hydrogen (secondary N) is 1. The van der Waals surface area contributed by atoms with E-state index in [4.69, 9.17) is 17.3 Å². The molecule has 0 aliphatic heterocycles. The number of carbonyl (C=O) groups is 1. The number of aliphatic hydroxyl groups excluding tert-OH is 1. The second-order valence-electron chi connectivity index (χ2n) is 5.43. The number of carbonyl (C=O) groups excluding carboxylic acids is 1. The zero-order valence-corrected chi connectivity index (χ0v) is 12.1. The van der Waals surface area contributed by atoms with Gasteiger partial charge in [0.1, 0.15) is 0 Å². The van der Waals surface area contributed by atoms with Crippen molar-refractivity contribution in [3.8, 4) is 0 Å². The van der Waals surface area contributed by atoms with Crippen molar-refractivity contribution in [3.05, 3.63) is 34.9 Å². The molecule has 0 aromatic heterocycles. The minimum absolute atomic E-state index is 0.0224. The highest BCUT2D eigenvalue weighted by molar-refractivity contribution is 6.30. The molecule has 0 bridgehead atoms. The molecule has 1 aromatic rings. The smallest absolute Gasteiger partial charge is 0.220 e. The molecule has 1 amide bonds. The molecule has 1 unspecified atom stereocenters. The fourth-order valence-electron chi connectivity index (χ4n) is 2.66. The fourth-order valence-corrected chi connectivity index (χ4v) is 2.79. The standard InChI is InChI=1S/C15H21ClN2O2/c16-12-5-1-10(2-6-12)14(19)9-18-13-7-3-11(4-8-13)15(17)20/h1-2,5-6,11,13-14,18-19H,3-4,7-9H2,(H2,17,20). The van der Waals surface area contributed by atoms with Gasteiger partial charge in [-0.05, 0) is 43.4 Å². The van der Waals surface area contributed by atoms with Gasteiger partial charge in [0.25, 0.3) is 0 Å². The zero-order chi connectivity index (χ0) is 14.5. The van der Waals surface area contributed by atoms with Gasteiger partial charge in [-0.2, -0.15) is 0 Å². The summed E-state index contributed by atoms with van der Waals surface area (Å²) in [5.74, 6) is -0.168. The number of aliphatic hydroxyl groups is 1. The molecule has 1 saturated carbocycles. The van der Waals surface area contributed by atoms with Gasteiger partial charge in [0.2, 0.25) is 5.91 Å². The molecule has 110 valence electrons. The highest BCUT2D eigenvalue weighted by atomic mass is 35.5. The van der Waals surface area contributed by atoms with E-state index < -0.39 is 6.10 Å². The number of halogens is 1. The SMILES string of the molecule is NC(=O)C1CCC(NCC(O)c2ccc(Cl)cc2)CC1. The summed E-state index contributed by atoms with van der Waals surface area (Å²) in [5, 5.41) is 14.1. The molecule has 4 N–H and O–H groups in total. The van der Waals surface area contributed by atoms with Gasteiger partial charge in [-0.25, -0.2) is 0 Å². The topological polar surface area (TPSA) is 75.4 Å². The second-order valence-corrected chi connectivity index (χ2v) is 5.86. The number of hydrogen-bond acceptors (Lipinski definition) is 3. The lowest BCUT2D eigenvalue weighted by molar-refractivity contribution is -0.122. The average Bonchev–Trinajstić information content (AvgIpc) is 2.46. The van der Waals surface area contributed by atoms with Crippen LogP contribution in [0.5, 0.6) is 0 Å². The first kappa shape index (κ1) is 15.3. The van der Waals surface area contributed by atoms with Gasteiger partial charge in [0.15, 0.2) is 0 Å². The largest absolute Gasteiger partial charge is 0.387 e. The molecule has 2 rings (SSSR count). The molecule has 4 nitrogen and oxygen atoms in total. The normalized spacial score (nSPS) is 24.3. The van der Waals surface area contributed by atoms with Crippen molar-refractivity contribution in [2.45, 2.75) is 37.8 Å².